The predicted octanol–water partition coefficient (Wildman–Crippen LogP) is 2.57. The topological polar surface area (TPSA) is 128 Å². The fourth-order valence-electron chi connectivity index (χ4n) is 6.10. The summed E-state index contributed by atoms with van der Waals surface area (Å²) in [6.45, 7) is 4.01. The van der Waals surface area contributed by atoms with Crippen molar-refractivity contribution < 1.29 is 24.8 Å². The van der Waals surface area contributed by atoms with E-state index in [0.717, 1.165) is 5.56 Å². The lowest BCUT2D eigenvalue weighted by atomic mass is 9.70. The van der Waals surface area contributed by atoms with Crippen molar-refractivity contribution in [3.05, 3.63) is 89.2 Å². The molecule has 1 aliphatic heterocycles. The molecule has 2 aromatic carbocycles. The van der Waals surface area contributed by atoms with Crippen molar-refractivity contribution >= 4 is 0 Å². The summed E-state index contributed by atoms with van der Waals surface area (Å²) in [5, 5.41) is 47.7. The quantitative estimate of drug-likeness (QED) is 0.389. The molecule has 5 rings (SSSR count). The molecule has 1 unspecified atom stereocenters. The molecule has 1 aliphatic carbocycles. The Morgan fingerprint density at radius 1 is 1.14 bits per heavy atom. The van der Waals surface area contributed by atoms with Crippen LogP contribution in [0.4, 0.5) is 0 Å². The maximum Gasteiger partial charge on any atom is 0.177 e. The van der Waals surface area contributed by atoms with Gasteiger partial charge in [-0.3, -0.25) is 4.98 Å². The van der Waals surface area contributed by atoms with Gasteiger partial charge in [0, 0.05) is 24.9 Å². The number of nitrogens with one attached hydrogen (secondary N) is 1. The molecule has 0 saturated heterocycles. The molecule has 1 saturated carbocycles. The molecule has 0 bridgehead atoms. The fourth-order valence-corrected chi connectivity index (χ4v) is 6.10. The van der Waals surface area contributed by atoms with Gasteiger partial charge in [0.2, 0.25) is 0 Å². The summed E-state index contributed by atoms with van der Waals surface area (Å²) in [6, 6.07) is 18.7. The summed E-state index contributed by atoms with van der Waals surface area (Å²) in [5.74, 6) is -0.398. The molecule has 8 nitrogen and oxygen atoms in total. The van der Waals surface area contributed by atoms with Crippen molar-refractivity contribution in [2.45, 2.75) is 42.7 Å². The van der Waals surface area contributed by atoms with Gasteiger partial charge in [0.15, 0.2) is 11.2 Å². The van der Waals surface area contributed by atoms with Gasteiger partial charge in [-0.05, 0) is 37.1 Å². The van der Waals surface area contributed by atoms with E-state index in [2.05, 4.69) is 16.4 Å². The van der Waals surface area contributed by atoms with Gasteiger partial charge in [0.1, 0.15) is 11.5 Å². The van der Waals surface area contributed by atoms with Crippen LogP contribution >= 0.6 is 0 Å². The van der Waals surface area contributed by atoms with Gasteiger partial charge in [-0.1, -0.05) is 42.5 Å². The minimum Gasteiger partial charge on any atom is -0.495 e. The van der Waals surface area contributed by atoms with Crippen LogP contribution in [0.3, 0.4) is 0 Å². The van der Waals surface area contributed by atoms with E-state index in [1.807, 2.05) is 30.3 Å². The summed E-state index contributed by atoms with van der Waals surface area (Å²) in [5.41, 5.74) is -2.03. The average Bonchev–Trinajstić information content (AvgIpc) is 3.27. The van der Waals surface area contributed by atoms with E-state index in [9.17, 15) is 20.6 Å². The maximum absolute atomic E-state index is 12.7. The standard InChI is InChI=1S/C29H31N3O5/c1-27(2,34)17-32-14-21-24(19-7-5-4-6-8-19)29(20-11-9-18(13-30)10-12-20)28(35,26(21)33)25-22(36-3)15-31-16-23(25)37-29/h4-12,15-16,21,24,26,32-35H,14,17H2,1-3H3/t21-,24-,26-,28+,29?/m1/s1. The highest BCUT2D eigenvalue weighted by molar-refractivity contribution is 5.59. The van der Waals surface area contributed by atoms with Crippen molar-refractivity contribution in [3.8, 4) is 17.6 Å². The molecule has 4 N–H and O–H groups in total. The number of rotatable bonds is 7. The van der Waals surface area contributed by atoms with Crippen LogP contribution in [0.25, 0.3) is 0 Å². The highest BCUT2D eigenvalue weighted by Crippen LogP contribution is 2.69. The van der Waals surface area contributed by atoms with E-state index in [1.54, 1.807) is 38.1 Å². The molecule has 8 heteroatoms. The zero-order valence-electron chi connectivity index (χ0n) is 21.0. The number of benzene rings is 2. The Morgan fingerprint density at radius 2 is 1.84 bits per heavy atom. The molecule has 0 spiro atoms. The molecular weight excluding hydrogens is 470 g/mol. The molecule has 2 aliphatic rings. The van der Waals surface area contributed by atoms with E-state index in [0.29, 0.717) is 41.3 Å². The molecule has 5 atom stereocenters. The van der Waals surface area contributed by atoms with Crippen molar-refractivity contribution in [2.75, 3.05) is 20.2 Å². The van der Waals surface area contributed by atoms with Crippen molar-refractivity contribution in [1.29, 1.82) is 5.26 Å². The zero-order chi connectivity index (χ0) is 26.4. The molecule has 1 fully saturated rings. The SMILES string of the molecule is COc1cncc2c1[C@]1(O)[C@H](O)[C@H](CNCC(C)(C)O)[C@@H](c3ccccc3)C1(c1ccc(C#N)cc1)O2. The molecule has 3 aromatic rings. The Hall–Kier alpha value is -3.48. The van der Waals surface area contributed by atoms with E-state index >= 15 is 0 Å². The molecule has 0 radical (unpaired) electrons. The molecule has 1 aromatic heterocycles. The van der Waals surface area contributed by atoms with Gasteiger partial charge in [0.05, 0.1) is 48.4 Å². The number of hydrogen-bond donors (Lipinski definition) is 4. The second-order valence-corrected chi connectivity index (χ2v) is 10.4. The fraction of sp³-hybridized carbons (Fsp3) is 0.379. The Morgan fingerprint density at radius 3 is 2.46 bits per heavy atom. The number of aliphatic hydroxyl groups excluding tert-OH is 1. The van der Waals surface area contributed by atoms with Crippen molar-refractivity contribution in [1.82, 2.24) is 10.3 Å². The van der Waals surface area contributed by atoms with Crippen LogP contribution in [0.1, 0.15) is 42.0 Å². The first-order valence-corrected chi connectivity index (χ1v) is 12.3. The molecular formula is C29H31N3O5. The van der Waals surface area contributed by atoms with Gasteiger partial charge >= 0.3 is 0 Å². The van der Waals surface area contributed by atoms with Crippen molar-refractivity contribution in [2.24, 2.45) is 5.92 Å². The van der Waals surface area contributed by atoms with Crippen LogP contribution in [-0.2, 0) is 11.2 Å². The number of methoxy groups -OCH3 is 1. The summed E-state index contributed by atoms with van der Waals surface area (Å²) < 4.78 is 12.3. The highest BCUT2D eigenvalue weighted by Gasteiger charge is 2.76. The van der Waals surface area contributed by atoms with Crippen LogP contribution in [0.15, 0.2) is 67.0 Å². The number of aliphatic hydroxyl groups is 3. The first-order chi connectivity index (χ1) is 17.7. The molecule has 0 amide bonds. The molecule has 2 heterocycles. The smallest absolute Gasteiger partial charge is 0.177 e. The summed E-state index contributed by atoms with van der Waals surface area (Å²) in [7, 11) is 1.49. The predicted molar refractivity (Wildman–Crippen MR) is 136 cm³/mol. The van der Waals surface area contributed by atoms with Gasteiger partial charge in [-0.25, -0.2) is 0 Å². The number of nitrogens with zero attached hydrogens (tertiary/aromatic N) is 2. The minimum atomic E-state index is -1.91. The lowest BCUT2D eigenvalue weighted by molar-refractivity contribution is -0.152. The monoisotopic (exact) mass is 501 g/mol. The van der Waals surface area contributed by atoms with E-state index in [-0.39, 0.29) is 0 Å². The van der Waals surface area contributed by atoms with Crippen LogP contribution in [0.5, 0.6) is 11.5 Å². The largest absolute Gasteiger partial charge is 0.495 e. The van der Waals surface area contributed by atoms with Crippen molar-refractivity contribution in [3.63, 3.8) is 0 Å². The Labute approximate surface area is 216 Å². The first-order valence-electron chi connectivity index (χ1n) is 12.3. The third-order valence-corrected chi connectivity index (χ3v) is 7.55. The van der Waals surface area contributed by atoms with Crippen LogP contribution in [0, 0.1) is 17.2 Å². The average molecular weight is 502 g/mol. The van der Waals surface area contributed by atoms with E-state index in [4.69, 9.17) is 9.47 Å². The summed E-state index contributed by atoms with van der Waals surface area (Å²) in [6.07, 6.45) is 1.75. The lowest BCUT2D eigenvalue weighted by Crippen LogP contribution is -2.52. The Balaban J connectivity index is 1.76. The zero-order valence-corrected chi connectivity index (χ0v) is 21.0. The van der Waals surface area contributed by atoms with E-state index < -0.39 is 34.7 Å². The first kappa shape index (κ1) is 25.2. The number of fused-ring (bicyclic) bond motifs is 3. The number of pyridine rings is 1. The third-order valence-electron chi connectivity index (χ3n) is 7.55. The second kappa shape index (κ2) is 9.12. The molecule has 192 valence electrons. The molecule has 37 heavy (non-hydrogen) atoms. The summed E-state index contributed by atoms with van der Waals surface area (Å²) in [4.78, 5) is 4.23. The second-order valence-electron chi connectivity index (χ2n) is 10.4. The van der Waals surface area contributed by atoms with Gasteiger partial charge in [-0.15, -0.1) is 0 Å². The maximum atomic E-state index is 12.7. The minimum absolute atomic E-state index is 0.296. The third kappa shape index (κ3) is 3.78. The number of nitriles is 1. The number of hydrogen-bond acceptors (Lipinski definition) is 8. The highest BCUT2D eigenvalue weighted by atomic mass is 16.5. The Bertz CT molecular complexity index is 1320. The Kier molecular flexibility index (Phi) is 6.21. The van der Waals surface area contributed by atoms with Gasteiger partial charge in [0.25, 0.3) is 0 Å². The van der Waals surface area contributed by atoms with E-state index in [1.165, 1.54) is 19.5 Å². The normalized spacial score (nSPS) is 28.2. The number of aromatic nitrogens is 1. The van der Waals surface area contributed by atoms with Crippen LogP contribution in [0.2, 0.25) is 0 Å². The van der Waals surface area contributed by atoms with Crippen LogP contribution in [-0.4, -0.2) is 52.2 Å². The summed E-state index contributed by atoms with van der Waals surface area (Å²) >= 11 is 0. The van der Waals surface area contributed by atoms with Gasteiger partial charge < -0.3 is 30.1 Å². The lowest BCUT2D eigenvalue weighted by Gasteiger charge is -2.41. The van der Waals surface area contributed by atoms with Crippen LogP contribution < -0.4 is 14.8 Å². The van der Waals surface area contributed by atoms with Gasteiger partial charge in [-0.2, -0.15) is 5.26 Å². The number of ether oxygens (including phenoxy) is 2.